The Labute approximate surface area is 148 Å². The van der Waals surface area contributed by atoms with Crippen molar-refractivity contribution in [1.29, 1.82) is 0 Å². The number of aryl methyl sites for hydroxylation is 1. The third kappa shape index (κ3) is 3.78. The molecule has 0 amide bonds. The van der Waals surface area contributed by atoms with Crippen LogP contribution in [0.25, 0.3) is 0 Å². The van der Waals surface area contributed by atoms with Crippen LogP contribution < -0.4 is 0 Å². The average molecular weight is 367 g/mol. The molecule has 3 heterocycles. The van der Waals surface area contributed by atoms with Crippen LogP contribution in [0.5, 0.6) is 0 Å². The van der Waals surface area contributed by atoms with E-state index >= 15 is 0 Å². The first-order chi connectivity index (χ1) is 12.1. The molecule has 9 heteroatoms. The molecule has 3 rings (SSSR count). The van der Waals surface area contributed by atoms with Gasteiger partial charge in [0.25, 0.3) is 10.0 Å². The minimum atomic E-state index is -3.56. The summed E-state index contributed by atoms with van der Waals surface area (Å²) in [6.45, 7) is 4.02. The average Bonchev–Trinajstić information content (AvgIpc) is 3.25. The Kier molecular flexibility index (Phi) is 5.55. The van der Waals surface area contributed by atoms with Crippen LogP contribution in [-0.4, -0.2) is 57.1 Å². The van der Waals surface area contributed by atoms with Gasteiger partial charge >= 0.3 is 0 Å². The number of hydrogen-bond donors (Lipinski definition) is 1. The number of aromatic nitrogens is 4. The van der Waals surface area contributed by atoms with Crippen LogP contribution in [0, 0.1) is 0 Å². The Morgan fingerprint density at radius 1 is 1.32 bits per heavy atom. The molecule has 25 heavy (non-hydrogen) atoms. The molecular formula is C16H25N5O3S. The lowest BCUT2D eigenvalue weighted by molar-refractivity contribution is 0.267. The summed E-state index contributed by atoms with van der Waals surface area (Å²) < 4.78 is 30.9. The second kappa shape index (κ2) is 7.67. The van der Waals surface area contributed by atoms with Gasteiger partial charge in [-0.15, -0.1) is 0 Å². The van der Waals surface area contributed by atoms with E-state index in [1.807, 2.05) is 19.2 Å². The first-order valence-corrected chi connectivity index (χ1v) is 10.2. The Bertz CT molecular complexity index is 798. The third-order valence-corrected chi connectivity index (χ3v) is 6.40. The Balaban J connectivity index is 1.78. The number of nitrogens with zero attached hydrogens (tertiary/aromatic N) is 5. The molecule has 138 valence electrons. The van der Waals surface area contributed by atoms with E-state index in [1.165, 1.54) is 0 Å². The smallest absolute Gasteiger partial charge is 0.260 e. The number of sulfonamides is 1. The third-order valence-electron chi connectivity index (χ3n) is 4.51. The summed E-state index contributed by atoms with van der Waals surface area (Å²) in [5.74, 6) is 0.0750. The van der Waals surface area contributed by atoms with Crippen molar-refractivity contribution in [3.05, 3.63) is 30.2 Å². The highest BCUT2D eigenvalue weighted by Crippen LogP contribution is 2.29. The molecule has 0 saturated carbocycles. The van der Waals surface area contributed by atoms with E-state index in [2.05, 4.69) is 10.2 Å². The van der Waals surface area contributed by atoms with Crippen LogP contribution >= 0.6 is 0 Å². The van der Waals surface area contributed by atoms with Gasteiger partial charge in [-0.25, -0.2) is 8.42 Å². The van der Waals surface area contributed by atoms with Gasteiger partial charge in [0.15, 0.2) is 5.03 Å². The molecule has 0 unspecified atom stereocenters. The van der Waals surface area contributed by atoms with Crippen molar-refractivity contribution in [2.24, 2.45) is 0 Å². The fourth-order valence-corrected chi connectivity index (χ4v) is 4.92. The topological polar surface area (TPSA) is 93.2 Å². The van der Waals surface area contributed by atoms with Crippen molar-refractivity contribution >= 4 is 10.0 Å². The van der Waals surface area contributed by atoms with E-state index in [1.54, 1.807) is 25.9 Å². The second-order valence-electron chi connectivity index (χ2n) is 6.32. The maximum Gasteiger partial charge on any atom is 0.260 e. The first-order valence-electron chi connectivity index (χ1n) is 8.72. The molecule has 2 aromatic heterocycles. The molecular weight excluding hydrogens is 342 g/mol. The van der Waals surface area contributed by atoms with Gasteiger partial charge in [-0.2, -0.15) is 14.5 Å². The molecule has 1 N–H and O–H groups in total. The van der Waals surface area contributed by atoms with Crippen LogP contribution in [0.3, 0.4) is 0 Å². The minimum absolute atomic E-state index is 0.0354. The molecule has 0 aliphatic carbocycles. The highest BCUT2D eigenvalue weighted by molar-refractivity contribution is 7.89. The second-order valence-corrected chi connectivity index (χ2v) is 8.21. The summed E-state index contributed by atoms with van der Waals surface area (Å²) in [5, 5.41) is 17.9. The van der Waals surface area contributed by atoms with Crippen molar-refractivity contribution in [2.45, 2.75) is 50.2 Å². The van der Waals surface area contributed by atoms with Gasteiger partial charge in [-0.05, 0) is 31.4 Å². The van der Waals surface area contributed by atoms with Gasteiger partial charge < -0.3 is 5.11 Å². The first kappa shape index (κ1) is 18.1. The molecule has 1 aliphatic heterocycles. The van der Waals surface area contributed by atoms with Gasteiger partial charge in [0.05, 0.1) is 25.0 Å². The monoisotopic (exact) mass is 367 g/mol. The summed E-state index contributed by atoms with van der Waals surface area (Å²) in [7, 11) is -3.56. The number of aliphatic hydroxyl groups excluding tert-OH is 1. The molecule has 0 aromatic carbocycles. The van der Waals surface area contributed by atoms with Crippen LogP contribution in [0.2, 0.25) is 0 Å². The van der Waals surface area contributed by atoms with Gasteiger partial charge in [-0.3, -0.25) is 9.36 Å². The van der Waals surface area contributed by atoms with Gasteiger partial charge in [-0.1, -0.05) is 6.92 Å². The maximum absolute atomic E-state index is 13.0. The summed E-state index contributed by atoms with van der Waals surface area (Å²) in [5.41, 5.74) is 0.885. The van der Waals surface area contributed by atoms with Crippen LogP contribution in [0.1, 0.15) is 37.8 Å². The van der Waals surface area contributed by atoms with E-state index in [0.717, 1.165) is 25.0 Å². The Morgan fingerprint density at radius 2 is 2.16 bits per heavy atom. The quantitative estimate of drug-likeness (QED) is 0.789. The van der Waals surface area contributed by atoms with Gasteiger partial charge in [0.1, 0.15) is 0 Å². The summed E-state index contributed by atoms with van der Waals surface area (Å²) in [6.07, 6.45) is 5.92. The number of rotatable bonds is 7. The molecule has 1 atom stereocenters. The van der Waals surface area contributed by atoms with Gasteiger partial charge in [0, 0.05) is 31.7 Å². The zero-order chi connectivity index (χ0) is 17.9. The molecule has 8 nitrogen and oxygen atoms in total. The summed E-state index contributed by atoms with van der Waals surface area (Å²) >= 11 is 0. The highest BCUT2D eigenvalue weighted by Gasteiger charge is 2.33. The lowest BCUT2D eigenvalue weighted by Crippen LogP contribution is -2.40. The zero-order valence-corrected chi connectivity index (χ0v) is 15.3. The van der Waals surface area contributed by atoms with Crippen molar-refractivity contribution in [3.63, 3.8) is 0 Å². The molecule has 2 aromatic rings. The predicted octanol–water partition coefficient (Wildman–Crippen LogP) is 1.05. The zero-order valence-electron chi connectivity index (χ0n) is 14.5. The number of piperidine rings is 1. The molecule has 1 fully saturated rings. The molecule has 1 saturated heterocycles. The van der Waals surface area contributed by atoms with E-state index in [9.17, 15) is 8.42 Å². The summed E-state index contributed by atoms with van der Waals surface area (Å²) in [6, 6.07) is 3.49. The van der Waals surface area contributed by atoms with Crippen molar-refractivity contribution < 1.29 is 13.5 Å². The van der Waals surface area contributed by atoms with E-state index in [0.29, 0.717) is 26.2 Å². The predicted molar refractivity (Wildman–Crippen MR) is 92.6 cm³/mol. The van der Waals surface area contributed by atoms with E-state index in [-0.39, 0.29) is 17.6 Å². The lowest BCUT2D eigenvalue weighted by atomic mass is 9.96. The fraction of sp³-hybridized carbons (Fsp3) is 0.625. The SMILES string of the molecule is CCCn1nccc1S(=O)(=O)N1CCC[C@@H](c2ccn(CCO)n2)C1. The Hall–Kier alpha value is -1.71. The van der Waals surface area contributed by atoms with Crippen LogP contribution in [0.4, 0.5) is 0 Å². The molecule has 0 spiro atoms. The standard InChI is InChI=1S/C16H25N5O3S/c1-2-8-21-16(5-7-17-21)25(23,24)20-9-3-4-14(13-20)15-6-10-19(18-15)11-12-22/h5-7,10,14,22H,2-4,8-9,11-13H2,1H3/t14-/m1/s1. The highest BCUT2D eigenvalue weighted by atomic mass is 32.2. The number of aliphatic hydroxyl groups is 1. The fourth-order valence-electron chi connectivity index (χ4n) is 3.28. The normalized spacial score (nSPS) is 19.4. The van der Waals surface area contributed by atoms with Crippen LogP contribution in [-0.2, 0) is 23.1 Å². The van der Waals surface area contributed by atoms with Gasteiger partial charge in [0.2, 0.25) is 0 Å². The largest absolute Gasteiger partial charge is 0.394 e. The minimum Gasteiger partial charge on any atom is -0.394 e. The molecule has 0 radical (unpaired) electrons. The molecule has 1 aliphatic rings. The maximum atomic E-state index is 13.0. The van der Waals surface area contributed by atoms with E-state index < -0.39 is 10.0 Å². The molecule has 0 bridgehead atoms. The van der Waals surface area contributed by atoms with E-state index in [4.69, 9.17) is 5.11 Å². The summed E-state index contributed by atoms with van der Waals surface area (Å²) in [4.78, 5) is 0. The van der Waals surface area contributed by atoms with Crippen molar-refractivity contribution in [1.82, 2.24) is 23.9 Å². The van der Waals surface area contributed by atoms with Crippen LogP contribution in [0.15, 0.2) is 29.6 Å². The number of hydrogen-bond acceptors (Lipinski definition) is 5. The Morgan fingerprint density at radius 3 is 2.92 bits per heavy atom. The van der Waals surface area contributed by atoms with Crippen molar-refractivity contribution in [2.75, 3.05) is 19.7 Å². The van der Waals surface area contributed by atoms with Crippen molar-refractivity contribution in [3.8, 4) is 0 Å². The lowest BCUT2D eigenvalue weighted by Gasteiger charge is -2.31.